The molecule has 18 heavy (non-hydrogen) atoms. The number of nitrogens with zero attached hydrogens (tertiary/aromatic N) is 2. The molecule has 0 amide bonds. The van der Waals surface area contributed by atoms with Gasteiger partial charge >= 0.3 is 5.97 Å². The van der Waals surface area contributed by atoms with Crippen LogP contribution in [0.1, 0.15) is 43.1 Å². The van der Waals surface area contributed by atoms with E-state index in [1.54, 1.807) is 13.3 Å². The second-order valence-electron chi connectivity index (χ2n) is 5.46. The standard InChI is InChI=1S/C13H19N3O2/c1-2-18-12(17)10-11(14)16(8-15-10)7-13(5-6-13)9-3-4-9/h8-9H,2-7,14H2,1H3. The molecule has 2 N–H and O–H groups in total. The molecule has 0 bridgehead atoms. The highest BCUT2D eigenvalue weighted by Crippen LogP contribution is 2.62. The van der Waals surface area contributed by atoms with E-state index in [2.05, 4.69) is 4.98 Å². The van der Waals surface area contributed by atoms with Crippen LogP contribution in [0, 0.1) is 11.3 Å². The fraction of sp³-hybridized carbons (Fsp3) is 0.692. The van der Waals surface area contributed by atoms with Gasteiger partial charge in [0.25, 0.3) is 0 Å². The molecule has 0 spiro atoms. The van der Waals surface area contributed by atoms with Crippen LogP contribution in [0.15, 0.2) is 6.33 Å². The molecule has 1 aromatic heterocycles. The minimum atomic E-state index is -0.426. The van der Waals surface area contributed by atoms with E-state index in [0.29, 0.717) is 17.8 Å². The number of hydrogen-bond donors (Lipinski definition) is 1. The van der Waals surface area contributed by atoms with Crippen LogP contribution in [0.4, 0.5) is 5.82 Å². The maximum absolute atomic E-state index is 11.6. The zero-order valence-electron chi connectivity index (χ0n) is 10.7. The van der Waals surface area contributed by atoms with Crippen LogP contribution in [0.3, 0.4) is 0 Å². The summed E-state index contributed by atoms with van der Waals surface area (Å²) in [7, 11) is 0. The van der Waals surface area contributed by atoms with Crippen LogP contribution in [-0.2, 0) is 11.3 Å². The van der Waals surface area contributed by atoms with Crippen molar-refractivity contribution < 1.29 is 9.53 Å². The molecular formula is C13H19N3O2. The molecule has 3 rings (SSSR count). The van der Waals surface area contributed by atoms with Gasteiger partial charge in [0, 0.05) is 6.54 Å². The van der Waals surface area contributed by atoms with Crippen LogP contribution < -0.4 is 5.73 Å². The Morgan fingerprint density at radius 1 is 1.61 bits per heavy atom. The van der Waals surface area contributed by atoms with Gasteiger partial charge < -0.3 is 15.0 Å². The quantitative estimate of drug-likeness (QED) is 0.808. The van der Waals surface area contributed by atoms with Gasteiger partial charge in [0.1, 0.15) is 5.82 Å². The number of carbonyl (C=O) groups excluding carboxylic acids is 1. The molecule has 2 aliphatic rings. The third-order valence-corrected chi connectivity index (χ3v) is 4.17. The number of anilines is 1. The summed E-state index contributed by atoms with van der Waals surface area (Å²) in [6.07, 6.45) is 6.93. The van der Waals surface area contributed by atoms with Gasteiger partial charge in [-0.15, -0.1) is 0 Å². The molecule has 2 fully saturated rings. The van der Waals surface area contributed by atoms with Crippen molar-refractivity contribution in [3.05, 3.63) is 12.0 Å². The summed E-state index contributed by atoms with van der Waals surface area (Å²) in [5, 5.41) is 0. The van der Waals surface area contributed by atoms with Gasteiger partial charge in [0.15, 0.2) is 5.69 Å². The third-order valence-electron chi connectivity index (χ3n) is 4.17. The number of imidazole rings is 1. The first-order chi connectivity index (χ1) is 8.66. The summed E-state index contributed by atoms with van der Waals surface area (Å²) in [6.45, 7) is 3.02. The minimum Gasteiger partial charge on any atom is -0.461 e. The first kappa shape index (κ1) is 11.6. The number of esters is 1. The zero-order chi connectivity index (χ0) is 12.8. The van der Waals surface area contributed by atoms with Gasteiger partial charge in [0.05, 0.1) is 12.9 Å². The van der Waals surface area contributed by atoms with E-state index in [0.717, 1.165) is 12.5 Å². The van der Waals surface area contributed by atoms with Gasteiger partial charge in [-0.1, -0.05) is 0 Å². The molecule has 0 unspecified atom stereocenters. The molecule has 1 heterocycles. The Bertz CT molecular complexity index is 473. The van der Waals surface area contributed by atoms with E-state index < -0.39 is 5.97 Å². The smallest absolute Gasteiger partial charge is 0.360 e. The summed E-state index contributed by atoms with van der Waals surface area (Å²) < 4.78 is 6.85. The molecule has 5 nitrogen and oxygen atoms in total. The van der Waals surface area contributed by atoms with Crippen LogP contribution in [0.5, 0.6) is 0 Å². The predicted octanol–water partition coefficient (Wildman–Crippen LogP) is 1.83. The van der Waals surface area contributed by atoms with Crippen LogP contribution in [0.25, 0.3) is 0 Å². The number of aromatic nitrogens is 2. The first-order valence-corrected chi connectivity index (χ1v) is 6.64. The van der Waals surface area contributed by atoms with Crippen molar-refractivity contribution in [2.24, 2.45) is 11.3 Å². The van der Waals surface area contributed by atoms with Crippen molar-refractivity contribution in [1.29, 1.82) is 0 Å². The van der Waals surface area contributed by atoms with Gasteiger partial charge in [-0.3, -0.25) is 0 Å². The van der Waals surface area contributed by atoms with Gasteiger partial charge in [-0.2, -0.15) is 0 Å². The first-order valence-electron chi connectivity index (χ1n) is 6.64. The SMILES string of the molecule is CCOC(=O)c1ncn(CC2(C3CC3)CC2)c1N. The Hall–Kier alpha value is -1.52. The molecule has 0 radical (unpaired) electrons. The molecule has 0 saturated heterocycles. The topological polar surface area (TPSA) is 70.1 Å². The van der Waals surface area contributed by atoms with Crippen LogP contribution >= 0.6 is 0 Å². The number of nitrogens with two attached hydrogens (primary N) is 1. The monoisotopic (exact) mass is 249 g/mol. The van der Waals surface area contributed by atoms with Gasteiger partial charge in [-0.05, 0) is 43.9 Å². The lowest BCUT2D eigenvalue weighted by Gasteiger charge is -2.15. The highest BCUT2D eigenvalue weighted by atomic mass is 16.5. The second kappa shape index (κ2) is 4.00. The summed E-state index contributed by atoms with van der Waals surface area (Å²) in [6, 6.07) is 0. The van der Waals surface area contributed by atoms with Crippen molar-refractivity contribution in [3.8, 4) is 0 Å². The maximum Gasteiger partial charge on any atom is 0.360 e. The fourth-order valence-electron chi connectivity index (χ4n) is 2.77. The van der Waals surface area contributed by atoms with Crippen molar-refractivity contribution in [2.75, 3.05) is 12.3 Å². The van der Waals surface area contributed by atoms with E-state index in [1.165, 1.54) is 25.7 Å². The Morgan fingerprint density at radius 3 is 2.89 bits per heavy atom. The van der Waals surface area contributed by atoms with E-state index in [4.69, 9.17) is 10.5 Å². The highest BCUT2D eigenvalue weighted by molar-refractivity contribution is 5.92. The lowest BCUT2D eigenvalue weighted by molar-refractivity contribution is 0.0521. The van der Waals surface area contributed by atoms with Crippen molar-refractivity contribution in [1.82, 2.24) is 9.55 Å². The Labute approximate surface area is 106 Å². The van der Waals surface area contributed by atoms with E-state index in [9.17, 15) is 4.79 Å². The lowest BCUT2D eigenvalue weighted by atomic mass is 10.0. The summed E-state index contributed by atoms with van der Waals surface area (Å²) >= 11 is 0. The maximum atomic E-state index is 11.6. The molecule has 0 atom stereocenters. The molecule has 0 aromatic carbocycles. The van der Waals surface area contributed by atoms with Gasteiger partial charge in [-0.25, -0.2) is 9.78 Å². The van der Waals surface area contributed by atoms with Gasteiger partial charge in [0.2, 0.25) is 0 Å². The largest absolute Gasteiger partial charge is 0.461 e. The average molecular weight is 249 g/mol. The van der Waals surface area contributed by atoms with Crippen molar-refractivity contribution in [3.63, 3.8) is 0 Å². The molecule has 5 heteroatoms. The van der Waals surface area contributed by atoms with Crippen molar-refractivity contribution in [2.45, 2.75) is 39.2 Å². The molecule has 2 aliphatic carbocycles. The number of ether oxygens (including phenoxy) is 1. The highest BCUT2D eigenvalue weighted by Gasteiger charge is 2.53. The number of hydrogen-bond acceptors (Lipinski definition) is 4. The van der Waals surface area contributed by atoms with E-state index in [1.807, 2.05) is 4.57 Å². The summed E-state index contributed by atoms with van der Waals surface area (Å²) in [4.78, 5) is 15.7. The van der Waals surface area contributed by atoms with E-state index in [-0.39, 0.29) is 5.69 Å². The number of nitrogen functional groups attached to an aromatic ring is 1. The third kappa shape index (κ3) is 1.87. The Kier molecular flexibility index (Phi) is 2.57. The molecule has 0 aliphatic heterocycles. The average Bonchev–Trinajstić information content (AvgIpc) is 3.22. The summed E-state index contributed by atoms with van der Waals surface area (Å²) in [5.74, 6) is 0.885. The Balaban J connectivity index is 1.75. The van der Waals surface area contributed by atoms with E-state index >= 15 is 0 Å². The van der Waals surface area contributed by atoms with Crippen LogP contribution in [0.2, 0.25) is 0 Å². The lowest BCUT2D eigenvalue weighted by Crippen LogP contribution is -2.16. The molecule has 2 saturated carbocycles. The fourth-order valence-corrected chi connectivity index (χ4v) is 2.77. The van der Waals surface area contributed by atoms with Crippen LogP contribution in [-0.4, -0.2) is 22.1 Å². The number of rotatable bonds is 5. The van der Waals surface area contributed by atoms with Crippen molar-refractivity contribution >= 4 is 11.8 Å². The molecule has 1 aromatic rings. The molecular weight excluding hydrogens is 230 g/mol. The predicted molar refractivity (Wildman–Crippen MR) is 67.0 cm³/mol. The molecule has 98 valence electrons. The normalized spacial score (nSPS) is 20.7. The zero-order valence-corrected chi connectivity index (χ0v) is 10.7. The summed E-state index contributed by atoms with van der Waals surface area (Å²) in [5.41, 5.74) is 6.69. The second-order valence-corrected chi connectivity index (χ2v) is 5.46. The minimum absolute atomic E-state index is 0.253. The Morgan fingerprint density at radius 2 is 2.33 bits per heavy atom. The number of carbonyl (C=O) groups is 1.